The number of hydrogen-bond donors (Lipinski definition) is 0. The molecule has 0 aromatic rings. The number of esters is 2. The van der Waals surface area contributed by atoms with Gasteiger partial charge in [-0.15, -0.1) is 0 Å². The Balaban J connectivity index is 4.04. The molecule has 0 aromatic heterocycles. The van der Waals surface area contributed by atoms with E-state index in [2.05, 4.69) is 34.3 Å². The van der Waals surface area contributed by atoms with Crippen molar-refractivity contribution < 1.29 is 28.5 Å². The van der Waals surface area contributed by atoms with Crippen molar-refractivity contribution in [2.24, 2.45) is 11.8 Å². The normalized spacial score (nSPS) is 13.6. The summed E-state index contributed by atoms with van der Waals surface area (Å²) in [5.41, 5.74) is 0.0266. The zero-order valence-electron chi connectivity index (χ0n) is 16.5. The molecule has 0 rings (SSSR count). The highest BCUT2D eigenvalue weighted by Crippen LogP contribution is 2.09. The van der Waals surface area contributed by atoms with Gasteiger partial charge < -0.3 is 18.9 Å². The van der Waals surface area contributed by atoms with Crippen LogP contribution in [0.3, 0.4) is 0 Å². The third kappa shape index (κ3) is 13.6. The van der Waals surface area contributed by atoms with Crippen LogP contribution in [0.4, 0.5) is 0 Å². The Kier molecular flexibility index (Phi) is 12.2. The summed E-state index contributed by atoms with van der Waals surface area (Å²) >= 11 is 0. The van der Waals surface area contributed by atoms with Crippen LogP contribution in [-0.4, -0.2) is 37.7 Å². The minimum absolute atomic E-state index is 0.0266. The Morgan fingerprint density at radius 3 is 1.68 bits per heavy atom. The van der Waals surface area contributed by atoms with E-state index in [0.717, 1.165) is 12.8 Å². The standard InChI is InChI=1S/C19H34O6/c1-13(2)8-10-22-16(6)24-18(20)12-15(5)19(21)25-17(7)23-11-9-14(3)4/h13-14,16-17H,5,8-12H2,1-4,6-7H3. The Hall–Kier alpha value is -1.40. The summed E-state index contributed by atoms with van der Waals surface area (Å²) in [4.78, 5) is 23.7. The molecular weight excluding hydrogens is 324 g/mol. The lowest BCUT2D eigenvalue weighted by molar-refractivity contribution is -0.178. The molecule has 0 fully saturated rings. The topological polar surface area (TPSA) is 71.1 Å². The van der Waals surface area contributed by atoms with Gasteiger partial charge in [-0.05, 0) is 38.5 Å². The van der Waals surface area contributed by atoms with E-state index in [-0.39, 0.29) is 12.0 Å². The number of ether oxygens (including phenoxy) is 4. The molecule has 0 aromatic carbocycles. The van der Waals surface area contributed by atoms with E-state index in [1.807, 2.05) is 0 Å². The largest absolute Gasteiger partial charge is 0.436 e. The fraction of sp³-hybridized carbons (Fsp3) is 0.789. The molecule has 0 bridgehead atoms. The smallest absolute Gasteiger partial charge is 0.336 e. The van der Waals surface area contributed by atoms with E-state index in [1.165, 1.54) is 0 Å². The van der Waals surface area contributed by atoms with Gasteiger partial charge in [0.25, 0.3) is 0 Å². The lowest BCUT2D eigenvalue weighted by atomic mass is 10.1. The molecule has 0 N–H and O–H groups in total. The summed E-state index contributed by atoms with van der Waals surface area (Å²) < 4.78 is 21.0. The molecule has 2 atom stereocenters. The average molecular weight is 358 g/mol. The Morgan fingerprint density at radius 1 is 0.800 bits per heavy atom. The summed E-state index contributed by atoms with van der Waals surface area (Å²) in [5, 5.41) is 0. The van der Waals surface area contributed by atoms with Crippen LogP contribution >= 0.6 is 0 Å². The molecule has 0 amide bonds. The molecule has 0 spiro atoms. The first-order valence-corrected chi connectivity index (χ1v) is 8.93. The second-order valence-electron chi connectivity index (χ2n) is 6.92. The van der Waals surface area contributed by atoms with Gasteiger partial charge in [-0.2, -0.15) is 0 Å². The maximum Gasteiger partial charge on any atom is 0.336 e. The van der Waals surface area contributed by atoms with Crippen molar-refractivity contribution >= 4 is 11.9 Å². The lowest BCUT2D eigenvalue weighted by Gasteiger charge is -2.17. The predicted molar refractivity (Wildman–Crippen MR) is 95.7 cm³/mol. The predicted octanol–water partition coefficient (Wildman–Crippen LogP) is 3.84. The van der Waals surface area contributed by atoms with E-state index < -0.39 is 24.5 Å². The number of rotatable bonds is 13. The first kappa shape index (κ1) is 23.6. The van der Waals surface area contributed by atoms with Crippen LogP contribution in [0.5, 0.6) is 0 Å². The maximum atomic E-state index is 11.9. The van der Waals surface area contributed by atoms with Crippen molar-refractivity contribution in [1.82, 2.24) is 0 Å². The Bertz CT molecular complexity index is 416. The molecule has 0 aliphatic heterocycles. The fourth-order valence-electron chi connectivity index (χ4n) is 1.71. The van der Waals surface area contributed by atoms with E-state index >= 15 is 0 Å². The lowest BCUT2D eigenvalue weighted by Crippen LogP contribution is -2.23. The van der Waals surface area contributed by atoms with E-state index in [0.29, 0.717) is 25.0 Å². The summed E-state index contributed by atoms with van der Waals surface area (Å²) in [7, 11) is 0. The highest BCUT2D eigenvalue weighted by atomic mass is 16.7. The molecule has 2 unspecified atom stereocenters. The quantitative estimate of drug-likeness (QED) is 0.283. The van der Waals surface area contributed by atoms with Crippen LogP contribution in [0.15, 0.2) is 12.2 Å². The third-order valence-electron chi connectivity index (χ3n) is 3.31. The van der Waals surface area contributed by atoms with Crippen molar-refractivity contribution in [2.45, 2.75) is 73.4 Å². The van der Waals surface area contributed by atoms with Crippen LogP contribution in [-0.2, 0) is 28.5 Å². The van der Waals surface area contributed by atoms with Gasteiger partial charge in [-0.3, -0.25) is 4.79 Å². The molecule has 0 saturated carbocycles. The first-order chi connectivity index (χ1) is 11.6. The molecule has 0 saturated heterocycles. The molecule has 0 aliphatic carbocycles. The SMILES string of the molecule is C=C(CC(=O)OC(C)OCCC(C)C)C(=O)OC(C)OCCC(C)C. The zero-order valence-corrected chi connectivity index (χ0v) is 16.5. The fourth-order valence-corrected chi connectivity index (χ4v) is 1.71. The van der Waals surface area contributed by atoms with Gasteiger partial charge >= 0.3 is 11.9 Å². The second kappa shape index (κ2) is 12.9. The van der Waals surface area contributed by atoms with Crippen LogP contribution in [0.25, 0.3) is 0 Å². The third-order valence-corrected chi connectivity index (χ3v) is 3.31. The zero-order chi connectivity index (χ0) is 19.4. The monoisotopic (exact) mass is 358 g/mol. The minimum atomic E-state index is -0.683. The minimum Gasteiger partial charge on any atom is -0.436 e. The molecule has 0 heterocycles. The first-order valence-electron chi connectivity index (χ1n) is 8.93. The Morgan fingerprint density at radius 2 is 1.24 bits per heavy atom. The summed E-state index contributed by atoms with van der Waals surface area (Å²) in [6.07, 6.45) is 0.181. The van der Waals surface area contributed by atoms with Crippen LogP contribution in [0, 0.1) is 11.8 Å². The van der Waals surface area contributed by atoms with Crippen molar-refractivity contribution in [3.63, 3.8) is 0 Å². The van der Waals surface area contributed by atoms with Crippen LogP contribution in [0.2, 0.25) is 0 Å². The summed E-state index contributed by atoms with van der Waals surface area (Å²) in [5.74, 6) is -0.214. The molecule has 25 heavy (non-hydrogen) atoms. The molecular formula is C19H34O6. The molecule has 0 radical (unpaired) electrons. The molecule has 146 valence electrons. The highest BCUT2D eigenvalue weighted by Gasteiger charge is 2.19. The number of carbonyl (C=O) groups is 2. The summed E-state index contributed by atoms with van der Waals surface area (Å²) in [6.45, 7) is 16.2. The van der Waals surface area contributed by atoms with Gasteiger partial charge in [0.15, 0.2) is 12.6 Å². The van der Waals surface area contributed by atoms with Gasteiger partial charge in [0.1, 0.15) is 0 Å². The molecule has 0 aliphatic rings. The average Bonchev–Trinajstić information content (AvgIpc) is 2.45. The summed E-state index contributed by atoms with van der Waals surface area (Å²) in [6, 6.07) is 0. The van der Waals surface area contributed by atoms with E-state index in [9.17, 15) is 9.59 Å². The van der Waals surface area contributed by atoms with Crippen molar-refractivity contribution in [2.75, 3.05) is 13.2 Å². The van der Waals surface area contributed by atoms with Crippen LogP contribution < -0.4 is 0 Å². The van der Waals surface area contributed by atoms with Gasteiger partial charge in [-0.25, -0.2) is 4.79 Å². The maximum absolute atomic E-state index is 11.9. The van der Waals surface area contributed by atoms with Crippen molar-refractivity contribution in [1.29, 1.82) is 0 Å². The van der Waals surface area contributed by atoms with Gasteiger partial charge in [0, 0.05) is 5.57 Å². The van der Waals surface area contributed by atoms with Crippen molar-refractivity contribution in [3.05, 3.63) is 12.2 Å². The molecule has 6 heteroatoms. The second-order valence-corrected chi connectivity index (χ2v) is 6.92. The number of carbonyl (C=O) groups excluding carboxylic acids is 2. The Labute approximate surface area is 151 Å². The van der Waals surface area contributed by atoms with Crippen molar-refractivity contribution in [3.8, 4) is 0 Å². The van der Waals surface area contributed by atoms with E-state index in [4.69, 9.17) is 18.9 Å². The van der Waals surface area contributed by atoms with E-state index in [1.54, 1.807) is 13.8 Å². The van der Waals surface area contributed by atoms with Gasteiger partial charge in [0.2, 0.25) is 0 Å². The number of hydrogen-bond acceptors (Lipinski definition) is 6. The van der Waals surface area contributed by atoms with Gasteiger partial charge in [-0.1, -0.05) is 34.3 Å². The van der Waals surface area contributed by atoms with Gasteiger partial charge in [0.05, 0.1) is 19.6 Å². The van der Waals surface area contributed by atoms with Crippen LogP contribution in [0.1, 0.15) is 60.8 Å². The molecule has 6 nitrogen and oxygen atoms in total. The highest BCUT2D eigenvalue weighted by molar-refractivity contribution is 5.93.